The largest absolute Gasteiger partial charge is 0.459 e. The average Bonchev–Trinajstić information content (AvgIpc) is 3.34. The van der Waals surface area contributed by atoms with Gasteiger partial charge in [-0.05, 0) is 48.7 Å². The molecule has 1 aromatic heterocycles. The van der Waals surface area contributed by atoms with E-state index in [0.29, 0.717) is 43.9 Å². The Bertz CT molecular complexity index is 993. The van der Waals surface area contributed by atoms with Gasteiger partial charge in [0.1, 0.15) is 0 Å². The fourth-order valence-electron chi connectivity index (χ4n) is 4.60. The molecule has 7 nitrogen and oxygen atoms in total. The van der Waals surface area contributed by atoms with E-state index in [9.17, 15) is 22.8 Å². The Morgan fingerprint density at radius 2 is 2.06 bits per heavy atom. The maximum absolute atomic E-state index is 13.3. The summed E-state index contributed by atoms with van der Waals surface area (Å²) in [5.41, 5.74) is 0.441. The highest BCUT2D eigenvalue weighted by Gasteiger charge is 2.43. The highest BCUT2D eigenvalue weighted by Crippen LogP contribution is 2.39. The zero-order valence-electron chi connectivity index (χ0n) is 18.2. The van der Waals surface area contributed by atoms with Crippen LogP contribution in [0.1, 0.15) is 28.1 Å². The number of hydrogen-bond acceptors (Lipinski definition) is 5. The van der Waals surface area contributed by atoms with Crippen molar-refractivity contribution in [1.29, 1.82) is 0 Å². The Hall–Kier alpha value is -3.01. The third-order valence-electron chi connectivity index (χ3n) is 6.22. The summed E-state index contributed by atoms with van der Waals surface area (Å²) < 4.78 is 50.1. The first-order valence-electron chi connectivity index (χ1n) is 10.9. The minimum absolute atomic E-state index is 0.166. The molecule has 0 spiro atoms. The van der Waals surface area contributed by atoms with Crippen LogP contribution in [0.3, 0.4) is 0 Å². The van der Waals surface area contributed by atoms with Crippen LogP contribution in [0.2, 0.25) is 0 Å². The molecule has 2 unspecified atom stereocenters. The maximum atomic E-state index is 13.3. The van der Waals surface area contributed by atoms with Crippen LogP contribution in [0.5, 0.6) is 0 Å². The number of alkyl halides is 3. The van der Waals surface area contributed by atoms with Gasteiger partial charge < -0.3 is 24.3 Å². The third-order valence-corrected chi connectivity index (χ3v) is 6.22. The van der Waals surface area contributed by atoms with Gasteiger partial charge in [-0.1, -0.05) is 0 Å². The number of benzene rings is 1. The molecule has 2 atom stereocenters. The predicted octanol–water partition coefficient (Wildman–Crippen LogP) is 2.95. The normalized spacial score (nSPS) is 20.2. The number of rotatable bonds is 6. The van der Waals surface area contributed by atoms with E-state index in [-0.39, 0.29) is 36.6 Å². The Morgan fingerprint density at radius 3 is 2.76 bits per heavy atom. The molecule has 4 rings (SSSR count). The molecular formula is C23H26F3N3O4. The molecule has 3 heterocycles. The quantitative estimate of drug-likeness (QED) is 0.664. The Morgan fingerprint density at radius 1 is 1.24 bits per heavy atom. The number of nitrogens with one attached hydrogen (secondary N) is 1. The molecule has 0 radical (unpaired) electrons. The monoisotopic (exact) mass is 465 g/mol. The van der Waals surface area contributed by atoms with Gasteiger partial charge in [0.05, 0.1) is 23.8 Å². The lowest BCUT2D eigenvalue weighted by Crippen LogP contribution is -2.62. The third kappa shape index (κ3) is 4.85. The second kappa shape index (κ2) is 9.46. The SMILES string of the molecule is COCCCNC(=O)C1Cc2cc(C(F)(F)F)ccc2N2CCN(C(=O)c3ccco3)CC12. The summed E-state index contributed by atoms with van der Waals surface area (Å²) in [5, 5.41) is 2.88. The Balaban J connectivity index is 1.60. The van der Waals surface area contributed by atoms with Gasteiger partial charge in [0.2, 0.25) is 5.91 Å². The van der Waals surface area contributed by atoms with Crippen molar-refractivity contribution in [2.24, 2.45) is 5.92 Å². The lowest BCUT2D eigenvalue weighted by Gasteiger charge is -2.49. The number of carbonyl (C=O) groups is 2. The van der Waals surface area contributed by atoms with Gasteiger partial charge in [-0.25, -0.2) is 0 Å². The summed E-state index contributed by atoms with van der Waals surface area (Å²) in [6.07, 6.45) is -2.24. The summed E-state index contributed by atoms with van der Waals surface area (Å²) >= 11 is 0. The van der Waals surface area contributed by atoms with Crippen molar-refractivity contribution < 1.29 is 31.9 Å². The van der Waals surface area contributed by atoms with Gasteiger partial charge in [-0.15, -0.1) is 0 Å². The molecule has 10 heteroatoms. The number of nitrogens with zero attached hydrogens (tertiary/aromatic N) is 2. The van der Waals surface area contributed by atoms with Crippen molar-refractivity contribution in [2.45, 2.75) is 25.1 Å². The number of fused-ring (bicyclic) bond motifs is 3. The zero-order chi connectivity index (χ0) is 23.6. The second-order valence-corrected chi connectivity index (χ2v) is 8.28. The topological polar surface area (TPSA) is 75.0 Å². The number of anilines is 1. The van der Waals surface area contributed by atoms with Gasteiger partial charge in [0.15, 0.2) is 5.76 Å². The van der Waals surface area contributed by atoms with Crippen LogP contribution < -0.4 is 10.2 Å². The van der Waals surface area contributed by atoms with E-state index >= 15 is 0 Å². The number of amides is 2. The standard InChI is InChI=1S/C23H26F3N3O4/c1-32-10-3-7-27-21(30)17-13-15-12-16(23(24,25)26)5-6-18(15)29-9-8-28(14-19(17)29)22(31)20-4-2-11-33-20/h2,4-6,11-12,17,19H,3,7-10,13-14H2,1H3,(H,27,30). The van der Waals surface area contributed by atoms with Crippen molar-refractivity contribution in [1.82, 2.24) is 10.2 Å². The molecule has 178 valence electrons. The molecule has 33 heavy (non-hydrogen) atoms. The van der Waals surface area contributed by atoms with Gasteiger partial charge in [0, 0.05) is 45.6 Å². The van der Waals surface area contributed by atoms with Gasteiger partial charge in [0.25, 0.3) is 5.91 Å². The van der Waals surface area contributed by atoms with Crippen LogP contribution in [0.15, 0.2) is 41.0 Å². The van der Waals surface area contributed by atoms with Crippen LogP contribution in [-0.4, -0.2) is 62.7 Å². The molecule has 2 aliphatic heterocycles. The number of hydrogen-bond donors (Lipinski definition) is 1. The van der Waals surface area contributed by atoms with Gasteiger partial charge in [-0.3, -0.25) is 9.59 Å². The highest BCUT2D eigenvalue weighted by atomic mass is 19.4. The number of halogens is 3. The first kappa shape index (κ1) is 23.2. The molecule has 0 bridgehead atoms. The van der Waals surface area contributed by atoms with E-state index in [0.717, 1.165) is 12.1 Å². The number of furan rings is 1. The second-order valence-electron chi connectivity index (χ2n) is 8.28. The van der Waals surface area contributed by atoms with Crippen molar-refractivity contribution in [3.8, 4) is 0 Å². The first-order chi connectivity index (χ1) is 15.8. The van der Waals surface area contributed by atoms with Crippen LogP contribution in [0.4, 0.5) is 18.9 Å². The lowest BCUT2D eigenvalue weighted by molar-refractivity contribution is -0.137. The van der Waals surface area contributed by atoms with E-state index in [1.165, 1.54) is 12.3 Å². The molecule has 1 saturated heterocycles. The molecule has 0 aliphatic carbocycles. The summed E-state index contributed by atoms with van der Waals surface area (Å²) in [4.78, 5) is 29.5. The Labute approximate surface area is 189 Å². The zero-order valence-corrected chi connectivity index (χ0v) is 18.2. The summed E-state index contributed by atoms with van der Waals surface area (Å²) in [5.74, 6) is -0.889. The minimum Gasteiger partial charge on any atom is -0.459 e. The minimum atomic E-state index is -4.46. The summed E-state index contributed by atoms with van der Waals surface area (Å²) in [6.45, 7) is 1.95. The molecule has 2 aromatic rings. The van der Waals surface area contributed by atoms with E-state index in [1.807, 2.05) is 4.90 Å². The van der Waals surface area contributed by atoms with Crippen LogP contribution in [0, 0.1) is 5.92 Å². The highest BCUT2D eigenvalue weighted by molar-refractivity contribution is 5.92. The van der Waals surface area contributed by atoms with E-state index in [1.54, 1.807) is 24.1 Å². The summed E-state index contributed by atoms with van der Waals surface area (Å²) in [6, 6.07) is 6.54. The summed E-state index contributed by atoms with van der Waals surface area (Å²) in [7, 11) is 1.57. The fourth-order valence-corrected chi connectivity index (χ4v) is 4.60. The number of carbonyl (C=O) groups excluding carboxylic acids is 2. The molecule has 2 amide bonds. The maximum Gasteiger partial charge on any atom is 0.416 e. The van der Waals surface area contributed by atoms with E-state index in [4.69, 9.17) is 9.15 Å². The van der Waals surface area contributed by atoms with Crippen LogP contribution in [0.25, 0.3) is 0 Å². The van der Waals surface area contributed by atoms with Gasteiger partial charge in [-0.2, -0.15) is 13.2 Å². The van der Waals surface area contributed by atoms with Crippen LogP contribution >= 0.6 is 0 Å². The number of methoxy groups -OCH3 is 1. The first-order valence-corrected chi connectivity index (χ1v) is 10.9. The average molecular weight is 465 g/mol. The molecule has 1 N–H and O–H groups in total. The molecule has 0 saturated carbocycles. The molecular weight excluding hydrogens is 439 g/mol. The molecule has 2 aliphatic rings. The van der Waals surface area contributed by atoms with Crippen molar-refractivity contribution in [3.05, 3.63) is 53.5 Å². The smallest absolute Gasteiger partial charge is 0.416 e. The molecule has 1 fully saturated rings. The van der Waals surface area contributed by atoms with Crippen LogP contribution in [-0.2, 0) is 22.1 Å². The number of piperazine rings is 1. The fraction of sp³-hybridized carbons (Fsp3) is 0.478. The predicted molar refractivity (Wildman–Crippen MR) is 114 cm³/mol. The van der Waals surface area contributed by atoms with E-state index < -0.39 is 17.7 Å². The lowest BCUT2D eigenvalue weighted by atomic mass is 9.82. The van der Waals surface area contributed by atoms with Crippen molar-refractivity contribution in [2.75, 3.05) is 44.8 Å². The van der Waals surface area contributed by atoms with Crippen molar-refractivity contribution in [3.63, 3.8) is 0 Å². The van der Waals surface area contributed by atoms with Gasteiger partial charge >= 0.3 is 6.18 Å². The molecule has 1 aromatic carbocycles. The van der Waals surface area contributed by atoms with E-state index in [2.05, 4.69) is 5.32 Å². The number of ether oxygens (including phenoxy) is 1. The Kier molecular flexibility index (Phi) is 6.64. The van der Waals surface area contributed by atoms with Crippen molar-refractivity contribution >= 4 is 17.5 Å².